The van der Waals surface area contributed by atoms with Gasteiger partial charge in [0.1, 0.15) is 0 Å². The summed E-state index contributed by atoms with van der Waals surface area (Å²) in [6.07, 6.45) is 0. The van der Waals surface area contributed by atoms with Crippen LogP contribution < -0.4 is 5.32 Å². The van der Waals surface area contributed by atoms with E-state index in [1.165, 1.54) is 11.1 Å². The second-order valence-corrected chi connectivity index (χ2v) is 5.08. The van der Waals surface area contributed by atoms with Gasteiger partial charge in [-0.15, -0.1) is 0 Å². The van der Waals surface area contributed by atoms with E-state index >= 15 is 0 Å². The highest BCUT2D eigenvalue weighted by Crippen LogP contribution is 2.38. The minimum atomic E-state index is 0.398. The highest BCUT2D eigenvalue weighted by atomic mass is 14.9. The summed E-state index contributed by atoms with van der Waals surface area (Å²) in [5.41, 5.74) is 3.22. The standard InChI is InChI=1S/C13H19N/c1-10-4-6-11(7-5-10)12-8-14-9-13(12,2)3/h4-7,12,14H,8-9H2,1-3H3. The van der Waals surface area contributed by atoms with Crippen LogP contribution in [0.15, 0.2) is 24.3 Å². The quantitative estimate of drug-likeness (QED) is 0.716. The fraction of sp³-hybridized carbons (Fsp3) is 0.538. The molecule has 0 bridgehead atoms. The van der Waals surface area contributed by atoms with Gasteiger partial charge in [0, 0.05) is 19.0 Å². The van der Waals surface area contributed by atoms with Crippen LogP contribution in [0.3, 0.4) is 0 Å². The summed E-state index contributed by atoms with van der Waals surface area (Å²) < 4.78 is 0. The maximum atomic E-state index is 3.48. The molecule has 0 spiro atoms. The van der Waals surface area contributed by atoms with Crippen molar-refractivity contribution in [2.24, 2.45) is 5.41 Å². The Labute approximate surface area is 86.5 Å². The summed E-state index contributed by atoms with van der Waals surface area (Å²) in [4.78, 5) is 0. The van der Waals surface area contributed by atoms with Crippen molar-refractivity contribution in [3.63, 3.8) is 0 Å². The lowest BCUT2D eigenvalue weighted by molar-refractivity contribution is 0.363. The number of aryl methyl sites for hydroxylation is 1. The van der Waals surface area contributed by atoms with Gasteiger partial charge in [0.25, 0.3) is 0 Å². The molecule has 0 radical (unpaired) electrons. The van der Waals surface area contributed by atoms with Crippen molar-refractivity contribution in [3.05, 3.63) is 35.4 Å². The van der Waals surface area contributed by atoms with Gasteiger partial charge in [0.15, 0.2) is 0 Å². The lowest BCUT2D eigenvalue weighted by Crippen LogP contribution is -2.20. The van der Waals surface area contributed by atoms with E-state index in [4.69, 9.17) is 0 Å². The molecule has 76 valence electrons. The molecule has 1 aromatic rings. The highest BCUT2D eigenvalue weighted by Gasteiger charge is 2.35. The van der Waals surface area contributed by atoms with Crippen molar-refractivity contribution in [2.45, 2.75) is 26.7 Å². The minimum absolute atomic E-state index is 0.398. The Morgan fingerprint density at radius 2 is 1.86 bits per heavy atom. The predicted molar refractivity (Wildman–Crippen MR) is 60.6 cm³/mol. The van der Waals surface area contributed by atoms with E-state index in [0.29, 0.717) is 11.3 Å². The second-order valence-electron chi connectivity index (χ2n) is 5.08. The number of hydrogen-bond donors (Lipinski definition) is 1. The molecule has 1 fully saturated rings. The van der Waals surface area contributed by atoms with E-state index in [1.807, 2.05) is 0 Å². The van der Waals surface area contributed by atoms with Crippen molar-refractivity contribution < 1.29 is 0 Å². The van der Waals surface area contributed by atoms with E-state index in [1.54, 1.807) is 0 Å². The molecule has 0 aliphatic carbocycles. The van der Waals surface area contributed by atoms with Gasteiger partial charge in [-0.3, -0.25) is 0 Å². The van der Waals surface area contributed by atoms with Crippen molar-refractivity contribution in [1.82, 2.24) is 5.32 Å². The molecule has 2 rings (SSSR count). The van der Waals surface area contributed by atoms with Gasteiger partial charge in [-0.1, -0.05) is 43.7 Å². The molecule has 1 heteroatoms. The first kappa shape index (κ1) is 9.72. The molecular formula is C13H19N. The summed E-state index contributed by atoms with van der Waals surface area (Å²) in [5.74, 6) is 0.670. The molecule has 0 amide bonds. The molecular weight excluding hydrogens is 170 g/mol. The largest absolute Gasteiger partial charge is 0.316 e. The summed E-state index contributed by atoms with van der Waals surface area (Å²) in [6, 6.07) is 8.97. The Bertz CT molecular complexity index is 311. The summed E-state index contributed by atoms with van der Waals surface area (Å²) in [5, 5.41) is 3.48. The molecule has 1 nitrogen and oxygen atoms in total. The Balaban J connectivity index is 2.27. The van der Waals surface area contributed by atoms with Gasteiger partial charge >= 0.3 is 0 Å². The van der Waals surface area contributed by atoms with E-state index in [-0.39, 0.29) is 0 Å². The fourth-order valence-corrected chi connectivity index (χ4v) is 2.31. The molecule has 1 unspecified atom stereocenters. The van der Waals surface area contributed by atoms with E-state index in [9.17, 15) is 0 Å². The van der Waals surface area contributed by atoms with E-state index < -0.39 is 0 Å². The van der Waals surface area contributed by atoms with Crippen LogP contribution in [0.1, 0.15) is 30.9 Å². The molecule has 14 heavy (non-hydrogen) atoms. The van der Waals surface area contributed by atoms with Crippen molar-refractivity contribution >= 4 is 0 Å². The Morgan fingerprint density at radius 3 is 2.36 bits per heavy atom. The molecule has 1 aliphatic heterocycles. The summed E-state index contributed by atoms with van der Waals surface area (Å²) >= 11 is 0. The lowest BCUT2D eigenvalue weighted by atomic mass is 9.78. The molecule has 1 heterocycles. The monoisotopic (exact) mass is 189 g/mol. The maximum absolute atomic E-state index is 3.48. The average molecular weight is 189 g/mol. The third kappa shape index (κ3) is 1.69. The minimum Gasteiger partial charge on any atom is -0.316 e. The van der Waals surface area contributed by atoms with Gasteiger partial charge < -0.3 is 5.32 Å². The summed E-state index contributed by atoms with van der Waals surface area (Å²) in [7, 11) is 0. The zero-order chi connectivity index (χ0) is 10.2. The fourth-order valence-electron chi connectivity index (χ4n) is 2.31. The van der Waals surface area contributed by atoms with Crippen LogP contribution in [0.2, 0.25) is 0 Å². The smallest absolute Gasteiger partial charge is 0.00267 e. The van der Waals surface area contributed by atoms with Gasteiger partial charge in [0.05, 0.1) is 0 Å². The van der Waals surface area contributed by atoms with Crippen LogP contribution in [0.25, 0.3) is 0 Å². The van der Waals surface area contributed by atoms with Crippen molar-refractivity contribution in [2.75, 3.05) is 13.1 Å². The van der Waals surface area contributed by atoms with Crippen LogP contribution in [0, 0.1) is 12.3 Å². The molecule has 1 atom stereocenters. The topological polar surface area (TPSA) is 12.0 Å². The van der Waals surface area contributed by atoms with Gasteiger partial charge in [-0.25, -0.2) is 0 Å². The third-order valence-electron chi connectivity index (χ3n) is 3.35. The van der Waals surface area contributed by atoms with Crippen LogP contribution in [-0.4, -0.2) is 13.1 Å². The predicted octanol–water partition coefficient (Wildman–Crippen LogP) is 2.71. The zero-order valence-corrected chi connectivity index (χ0v) is 9.30. The molecule has 1 N–H and O–H groups in total. The van der Waals surface area contributed by atoms with Gasteiger partial charge in [0.2, 0.25) is 0 Å². The van der Waals surface area contributed by atoms with E-state index in [0.717, 1.165) is 13.1 Å². The molecule has 1 aromatic carbocycles. The Morgan fingerprint density at radius 1 is 1.21 bits per heavy atom. The second kappa shape index (κ2) is 3.39. The molecule has 0 aromatic heterocycles. The molecule has 1 aliphatic rings. The van der Waals surface area contributed by atoms with Crippen LogP contribution in [0.4, 0.5) is 0 Å². The van der Waals surface area contributed by atoms with Crippen molar-refractivity contribution in [3.8, 4) is 0 Å². The summed E-state index contributed by atoms with van der Waals surface area (Å²) in [6.45, 7) is 9.08. The first-order valence-electron chi connectivity index (χ1n) is 5.37. The van der Waals surface area contributed by atoms with Gasteiger partial charge in [-0.2, -0.15) is 0 Å². The van der Waals surface area contributed by atoms with Crippen molar-refractivity contribution in [1.29, 1.82) is 0 Å². The third-order valence-corrected chi connectivity index (χ3v) is 3.35. The SMILES string of the molecule is Cc1ccc(C2CNCC2(C)C)cc1. The van der Waals surface area contributed by atoms with E-state index in [2.05, 4.69) is 50.4 Å². The Kier molecular flexibility index (Phi) is 2.36. The number of benzene rings is 1. The first-order valence-corrected chi connectivity index (χ1v) is 5.37. The Hall–Kier alpha value is -0.820. The van der Waals surface area contributed by atoms with Gasteiger partial charge in [-0.05, 0) is 17.9 Å². The first-order chi connectivity index (χ1) is 6.59. The molecule has 1 saturated heterocycles. The van der Waals surface area contributed by atoms with Crippen LogP contribution in [-0.2, 0) is 0 Å². The number of rotatable bonds is 1. The number of hydrogen-bond acceptors (Lipinski definition) is 1. The number of nitrogens with one attached hydrogen (secondary N) is 1. The maximum Gasteiger partial charge on any atom is 0.00267 e. The van der Waals surface area contributed by atoms with Crippen LogP contribution >= 0.6 is 0 Å². The van der Waals surface area contributed by atoms with Crippen LogP contribution in [0.5, 0.6) is 0 Å². The lowest BCUT2D eigenvalue weighted by Gasteiger charge is -2.26. The highest BCUT2D eigenvalue weighted by molar-refractivity contribution is 5.27. The average Bonchev–Trinajstić information content (AvgIpc) is 2.47. The molecule has 0 saturated carbocycles. The zero-order valence-electron chi connectivity index (χ0n) is 9.30. The normalized spacial score (nSPS) is 25.2.